The van der Waals surface area contributed by atoms with Crippen molar-refractivity contribution in [1.82, 2.24) is 24.3 Å². The van der Waals surface area contributed by atoms with E-state index in [1.165, 1.54) is 17.4 Å². The van der Waals surface area contributed by atoms with Crippen molar-refractivity contribution in [3.05, 3.63) is 65.6 Å². The molecular weight excluding hydrogens is 365 g/mol. The molecule has 0 radical (unpaired) electrons. The maximum atomic E-state index is 14.0. The van der Waals surface area contributed by atoms with Crippen molar-refractivity contribution in [1.29, 1.82) is 0 Å². The number of rotatable bonds is 5. The number of fused-ring (bicyclic) bond motifs is 1. The zero-order valence-corrected chi connectivity index (χ0v) is 15.1. The average molecular weight is 381 g/mol. The molecule has 0 atom stereocenters. The van der Waals surface area contributed by atoms with E-state index in [0.717, 1.165) is 18.5 Å². The van der Waals surface area contributed by atoms with Gasteiger partial charge < -0.3 is 9.88 Å². The van der Waals surface area contributed by atoms with Crippen molar-refractivity contribution < 1.29 is 9.18 Å². The summed E-state index contributed by atoms with van der Waals surface area (Å²) >= 11 is 1.36. The Morgan fingerprint density at radius 3 is 3.00 bits per heavy atom. The number of hydrogen-bond acceptors (Lipinski definition) is 4. The summed E-state index contributed by atoms with van der Waals surface area (Å²) in [7, 11) is 0. The van der Waals surface area contributed by atoms with Crippen LogP contribution in [0.3, 0.4) is 0 Å². The van der Waals surface area contributed by atoms with Crippen LogP contribution < -0.4 is 5.32 Å². The standard InChI is InChI=1S/C19H16FN5OS/c20-15-4-2-1-3-14(15)16-9-24-17(10-27-19(24)23-16)18(26)22-8-13-7-21-11-25(13)12-5-6-12/h1-4,7,9-12H,5-6,8H2,(H,22,26). The van der Waals surface area contributed by atoms with E-state index < -0.39 is 0 Å². The van der Waals surface area contributed by atoms with Crippen molar-refractivity contribution in [2.24, 2.45) is 0 Å². The zero-order chi connectivity index (χ0) is 18.4. The smallest absolute Gasteiger partial charge is 0.269 e. The van der Waals surface area contributed by atoms with Gasteiger partial charge in [-0.1, -0.05) is 12.1 Å². The van der Waals surface area contributed by atoms with E-state index in [1.54, 1.807) is 40.4 Å². The number of imidazole rings is 2. The van der Waals surface area contributed by atoms with E-state index in [-0.39, 0.29) is 11.7 Å². The topological polar surface area (TPSA) is 64.2 Å². The Labute approximate surface area is 158 Å². The molecule has 0 saturated heterocycles. The van der Waals surface area contributed by atoms with Crippen LogP contribution in [-0.2, 0) is 6.54 Å². The molecule has 1 aliphatic carbocycles. The average Bonchev–Trinajstić information content (AvgIpc) is 3.08. The van der Waals surface area contributed by atoms with Gasteiger partial charge in [-0.15, -0.1) is 11.3 Å². The number of benzene rings is 1. The lowest BCUT2D eigenvalue weighted by Gasteiger charge is -2.07. The van der Waals surface area contributed by atoms with Gasteiger partial charge in [-0.3, -0.25) is 9.20 Å². The molecule has 1 N–H and O–H groups in total. The molecule has 6 nitrogen and oxygen atoms in total. The molecule has 0 aliphatic heterocycles. The summed E-state index contributed by atoms with van der Waals surface area (Å²) in [6, 6.07) is 7.01. The second-order valence-electron chi connectivity index (χ2n) is 6.59. The predicted octanol–water partition coefficient (Wildman–Crippen LogP) is 3.66. The van der Waals surface area contributed by atoms with Gasteiger partial charge >= 0.3 is 0 Å². The first kappa shape index (κ1) is 16.2. The maximum absolute atomic E-state index is 14.0. The van der Waals surface area contributed by atoms with E-state index in [4.69, 9.17) is 0 Å². The summed E-state index contributed by atoms with van der Waals surface area (Å²) in [4.78, 5) is 22.0. The molecule has 27 heavy (non-hydrogen) atoms. The molecule has 4 aromatic rings. The second-order valence-corrected chi connectivity index (χ2v) is 7.42. The van der Waals surface area contributed by atoms with Gasteiger partial charge in [0, 0.05) is 29.4 Å². The minimum absolute atomic E-state index is 0.192. The largest absolute Gasteiger partial charge is 0.345 e. The number of carbonyl (C=O) groups is 1. The highest BCUT2D eigenvalue weighted by Crippen LogP contribution is 2.35. The van der Waals surface area contributed by atoms with Crippen molar-refractivity contribution in [3.8, 4) is 11.3 Å². The van der Waals surface area contributed by atoms with E-state index in [1.807, 2.05) is 6.33 Å². The quantitative estimate of drug-likeness (QED) is 0.574. The lowest BCUT2D eigenvalue weighted by atomic mass is 10.1. The monoisotopic (exact) mass is 381 g/mol. The van der Waals surface area contributed by atoms with E-state index in [9.17, 15) is 9.18 Å². The highest BCUT2D eigenvalue weighted by Gasteiger charge is 2.25. The first-order valence-corrected chi connectivity index (χ1v) is 9.59. The van der Waals surface area contributed by atoms with Gasteiger partial charge in [-0.2, -0.15) is 0 Å². The highest BCUT2D eigenvalue weighted by atomic mass is 32.1. The van der Waals surface area contributed by atoms with Crippen LogP contribution in [0.1, 0.15) is 35.1 Å². The Kier molecular flexibility index (Phi) is 3.78. The zero-order valence-electron chi connectivity index (χ0n) is 14.3. The molecule has 0 spiro atoms. The number of nitrogens with one attached hydrogen (secondary N) is 1. The minimum Gasteiger partial charge on any atom is -0.345 e. The van der Waals surface area contributed by atoms with E-state index >= 15 is 0 Å². The van der Waals surface area contributed by atoms with Crippen LogP contribution in [0.25, 0.3) is 16.2 Å². The Bertz CT molecular complexity index is 1140. The summed E-state index contributed by atoms with van der Waals surface area (Å²) in [6.45, 7) is 0.418. The fourth-order valence-corrected chi connectivity index (χ4v) is 4.01. The van der Waals surface area contributed by atoms with Gasteiger partial charge in [0.05, 0.1) is 24.3 Å². The Balaban J connectivity index is 1.39. The van der Waals surface area contributed by atoms with Crippen LogP contribution in [0.5, 0.6) is 0 Å². The molecule has 0 unspecified atom stereocenters. The summed E-state index contributed by atoms with van der Waals surface area (Å²) < 4.78 is 17.9. The van der Waals surface area contributed by atoms with Crippen molar-refractivity contribution >= 4 is 22.2 Å². The summed E-state index contributed by atoms with van der Waals surface area (Å²) in [5, 5.41) is 4.71. The molecule has 1 amide bonds. The van der Waals surface area contributed by atoms with Crippen molar-refractivity contribution in [2.45, 2.75) is 25.4 Å². The summed E-state index contributed by atoms with van der Waals surface area (Å²) in [5.74, 6) is -0.523. The number of aromatic nitrogens is 4. The second kappa shape index (κ2) is 6.31. The Morgan fingerprint density at radius 2 is 2.19 bits per heavy atom. The number of hydrogen-bond donors (Lipinski definition) is 1. The number of amides is 1. The molecule has 3 aromatic heterocycles. The number of halogens is 1. The van der Waals surface area contributed by atoms with Crippen molar-refractivity contribution in [2.75, 3.05) is 0 Å². The van der Waals surface area contributed by atoms with Crippen molar-refractivity contribution in [3.63, 3.8) is 0 Å². The Morgan fingerprint density at radius 1 is 1.33 bits per heavy atom. The number of thiazole rings is 1. The molecule has 1 aliphatic rings. The lowest BCUT2D eigenvalue weighted by molar-refractivity contribution is 0.0944. The fourth-order valence-electron chi connectivity index (χ4n) is 3.16. The summed E-state index contributed by atoms with van der Waals surface area (Å²) in [6.07, 6.45) is 7.63. The van der Waals surface area contributed by atoms with Crippen LogP contribution in [0.15, 0.2) is 48.4 Å². The van der Waals surface area contributed by atoms with Gasteiger partial charge in [-0.05, 0) is 25.0 Å². The number of nitrogens with zero attached hydrogens (tertiary/aromatic N) is 4. The molecule has 8 heteroatoms. The summed E-state index contributed by atoms with van der Waals surface area (Å²) in [5.41, 5.74) is 2.42. The molecule has 1 saturated carbocycles. The third-order valence-electron chi connectivity index (χ3n) is 4.71. The molecule has 5 rings (SSSR count). The van der Waals surface area contributed by atoms with Crippen LogP contribution in [-0.4, -0.2) is 24.8 Å². The van der Waals surface area contributed by atoms with E-state index in [2.05, 4.69) is 19.9 Å². The highest BCUT2D eigenvalue weighted by molar-refractivity contribution is 7.15. The molecule has 1 aromatic carbocycles. The van der Waals surface area contributed by atoms with Gasteiger partial charge in [0.2, 0.25) is 0 Å². The number of carbonyl (C=O) groups excluding carboxylic acids is 1. The first-order valence-electron chi connectivity index (χ1n) is 8.71. The molecular formula is C19H16FN5OS. The van der Waals surface area contributed by atoms with Gasteiger partial charge in [0.25, 0.3) is 5.91 Å². The maximum Gasteiger partial charge on any atom is 0.269 e. The third kappa shape index (κ3) is 2.91. The van der Waals surface area contributed by atoms with Gasteiger partial charge in [0.1, 0.15) is 11.5 Å². The SMILES string of the molecule is O=C(NCc1cncn1C1CC1)c1csc2nc(-c3ccccc3F)cn12. The molecule has 0 bridgehead atoms. The fraction of sp³-hybridized carbons (Fsp3) is 0.211. The minimum atomic E-state index is -0.331. The van der Waals surface area contributed by atoms with Gasteiger partial charge in [-0.25, -0.2) is 14.4 Å². The van der Waals surface area contributed by atoms with Crippen LogP contribution in [0, 0.1) is 5.82 Å². The molecule has 136 valence electrons. The van der Waals surface area contributed by atoms with Crippen LogP contribution >= 0.6 is 11.3 Å². The van der Waals surface area contributed by atoms with Crippen LogP contribution in [0.2, 0.25) is 0 Å². The van der Waals surface area contributed by atoms with Gasteiger partial charge in [0.15, 0.2) is 4.96 Å². The molecule has 1 fully saturated rings. The lowest BCUT2D eigenvalue weighted by Crippen LogP contribution is -2.25. The first-order chi connectivity index (χ1) is 13.2. The predicted molar refractivity (Wildman–Crippen MR) is 100 cm³/mol. The third-order valence-corrected chi connectivity index (χ3v) is 5.55. The van der Waals surface area contributed by atoms with E-state index in [0.29, 0.717) is 34.5 Å². The van der Waals surface area contributed by atoms with Crippen LogP contribution in [0.4, 0.5) is 4.39 Å². The Hall–Kier alpha value is -3.00. The normalized spacial score (nSPS) is 14.0. The molecule has 3 heterocycles.